The van der Waals surface area contributed by atoms with Crippen LogP contribution >= 0.6 is 0 Å². The van der Waals surface area contributed by atoms with Gasteiger partial charge in [0.15, 0.2) is 5.82 Å². The van der Waals surface area contributed by atoms with Gasteiger partial charge in [-0.3, -0.25) is 0 Å². The Kier molecular flexibility index (Phi) is 3.36. The maximum Gasteiger partial charge on any atom is 0.185 e. The van der Waals surface area contributed by atoms with Gasteiger partial charge in [-0.2, -0.15) is 0 Å². The van der Waals surface area contributed by atoms with Crippen molar-refractivity contribution >= 4 is 5.69 Å². The maximum atomic E-state index is 14.1. The van der Waals surface area contributed by atoms with Crippen molar-refractivity contribution in [1.29, 1.82) is 0 Å². The van der Waals surface area contributed by atoms with E-state index >= 15 is 0 Å². The second kappa shape index (κ2) is 5.07. The third-order valence-electron chi connectivity index (χ3n) is 3.74. The van der Waals surface area contributed by atoms with E-state index < -0.39 is 5.82 Å². The van der Waals surface area contributed by atoms with Crippen LogP contribution in [0.25, 0.3) is 11.4 Å². The number of nitrogen functional groups attached to an aromatic ring is 1. The summed E-state index contributed by atoms with van der Waals surface area (Å²) in [6.45, 7) is 4.71. The van der Waals surface area contributed by atoms with Crippen LogP contribution in [0, 0.1) is 5.82 Å². The lowest BCUT2D eigenvalue weighted by atomic mass is 9.94. The second-order valence-corrected chi connectivity index (χ2v) is 5.94. The molecule has 2 N–H and O–H groups in total. The predicted octanol–water partition coefficient (Wildman–Crippen LogP) is 2.19. The van der Waals surface area contributed by atoms with Crippen LogP contribution in [0.15, 0.2) is 18.2 Å². The smallest absolute Gasteiger partial charge is 0.185 e. The van der Waals surface area contributed by atoms with Crippen LogP contribution in [-0.2, 0) is 4.74 Å². The van der Waals surface area contributed by atoms with Gasteiger partial charge in [-0.1, -0.05) is 0 Å². The fourth-order valence-corrected chi connectivity index (χ4v) is 2.74. The molecule has 2 heterocycles. The molecule has 7 heteroatoms. The van der Waals surface area contributed by atoms with Crippen molar-refractivity contribution in [3.8, 4) is 11.4 Å². The van der Waals surface area contributed by atoms with E-state index in [1.807, 2.05) is 13.8 Å². The highest BCUT2D eigenvalue weighted by atomic mass is 19.1. The first kappa shape index (κ1) is 13.9. The lowest BCUT2D eigenvalue weighted by Crippen LogP contribution is -2.35. The molecule has 0 amide bonds. The van der Waals surface area contributed by atoms with Gasteiger partial charge in [-0.15, -0.1) is 5.10 Å². The van der Waals surface area contributed by atoms with Crippen molar-refractivity contribution in [1.82, 2.24) is 20.2 Å². The van der Waals surface area contributed by atoms with E-state index in [0.29, 0.717) is 23.7 Å². The SMILES string of the molecule is CC1(C)CC(n2nnnc2-c2ccc(N)cc2F)CCO1. The summed E-state index contributed by atoms with van der Waals surface area (Å²) >= 11 is 0. The first-order valence-electron chi connectivity index (χ1n) is 6.93. The van der Waals surface area contributed by atoms with Crippen LogP contribution in [0.1, 0.15) is 32.7 Å². The number of ether oxygens (including phenoxy) is 1. The number of nitrogens with zero attached hydrogens (tertiary/aromatic N) is 4. The molecule has 1 aliphatic heterocycles. The Morgan fingerprint density at radius 3 is 2.95 bits per heavy atom. The summed E-state index contributed by atoms with van der Waals surface area (Å²) in [5.74, 6) is 0.00701. The lowest BCUT2D eigenvalue weighted by molar-refractivity contribution is -0.0707. The molecule has 0 spiro atoms. The fourth-order valence-electron chi connectivity index (χ4n) is 2.74. The Labute approximate surface area is 122 Å². The Bertz CT molecular complexity index is 655. The molecule has 1 aromatic carbocycles. The van der Waals surface area contributed by atoms with Crippen molar-refractivity contribution in [3.63, 3.8) is 0 Å². The summed E-state index contributed by atoms with van der Waals surface area (Å²) in [6.07, 6.45) is 1.58. The van der Waals surface area contributed by atoms with Crippen molar-refractivity contribution in [2.75, 3.05) is 12.3 Å². The quantitative estimate of drug-likeness (QED) is 0.858. The number of benzene rings is 1. The molecule has 2 aromatic rings. The zero-order valence-electron chi connectivity index (χ0n) is 12.1. The lowest BCUT2D eigenvalue weighted by Gasteiger charge is -2.35. The maximum absolute atomic E-state index is 14.1. The molecule has 0 bridgehead atoms. The number of hydrogen-bond donors (Lipinski definition) is 1. The van der Waals surface area contributed by atoms with E-state index in [-0.39, 0.29) is 11.6 Å². The number of aromatic nitrogens is 4. The number of anilines is 1. The minimum absolute atomic E-state index is 0.0932. The van der Waals surface area contributed by atoms with Crippen LogP contribution in [0.2, 0.25) is 0 Å². The van der Waals surface area contributed by atoms with Crippen molar-refractivity contribution in [2.45, 2.75) is 38.3 Å². The van der Waals surface area contributed by atoms with Gasteiger partial charge in [0.1, 0.15) is 5.82 Å². The highest BCUT2D eigenvalue weighted by molar-refractivity contribution is 5.59. The van der Waals surface area contributed by atoms with Crippen LogP contribution < -0.4 is 5.73 Å². The van der Waals surface area contributed by atoms with Gasteiger partial charge in [-0.05, 0) is 55.3 Å². The highest BCUT2D eigenvalue weighted by Gasteiger charge is 2.32. The highest BCUT2D eigenvalue weighted by Crippen LogP contribution is 2.34. The third-order valence-corrected chi connectivity index (χ3v) is 3.74. The van der Waals surface area contributed by atoms with Crippen LogP contribution in [0.4, 0.5) is 10.1 Å². The van der Waals surface area contributed by atoms with Gasteiger partial charge in [0, 0.05) is 12.3 Å². The largest absolute Gasteiger partial charge is 0.399 e. The minimum atomic E-state index is -0.419. The summed E-state index contributed by atoms with van der Waals surface area (Å²) in [6, 6.07) is 4.63. The van der Waals surface area contributed by atoms with Crippen LogP contribution in [0.5, 0.6) is 0 Å². The average Bonchev–Trinajstić information content (AvgIpc) is 2.86. The molecular weight excluding hydrogens is 273 g/mol. The molecule has 0 radical (unpaired) electrons. The van der Waals surface area contributed by atoms with Gasteiger partial charge >= 0.3 is 0 Å². The van der Waals surface area contributed by atoms with Gasteiger partial charge in [0.05, 0.1) is 17.2 Å². The molecule has 1 aromatic heterocycles. The molecule has 1 fully saturated rings. The molecule has 3 rings (SSSR count). The summed E-state index contributed by atoms with van der Waals surface area (Å²) in [5, 5.41) is 11.7. The standard InChI is InChI=1S/C14H18FN5O/c1-14(2)8-10(5-6-21-14)20-13(17-18-19-20)11-4-3-9(16)7-12(11)15/h3-4,7,10H,5-6,8,16H2,1-2H3. The molecule has 1 aliphatic rings. The number of halogens is 1. The summed E-state index contributed by atoms with van der Waals surface area (Å²) < 4.78 is 21.5. The normalized spacial score (nSPS) is 21.4. The molecule has 1 saturated heterocycles. The van der Waals surface area contributed by atoms with Crippen LogP contribution in [0.3, 0.4) is 0 Å². The predicted molar refractivity (Wildman–Crippen MR) is 75.9 cm³/mol. The van der Waals surface area contributed by atoms with E-state index in [1.165, 1.54) is 6.07 Å². The van der Waals surface area contributed by atoms with E-state index in [4.69, 9.17) is 10.5 Å². The first-order chi connectivity index (χ1) is 9.96. The average molecular weight is 291 g/mol. The Morgan fingerprint density at radius 2 is 2.24 bits per heavy atom. The Balaban J connectivity index is 1.97. The van der Waals surface area contributed by atoms with Crippen molar-refractivity contribution < 1.29 is 9.13 Å². The monoisotopic (exact) mass is 291 g/mol. The second-order valence-electron chi connectivity index (χ2n) is 5.94. The molecule has 21 heavy (non-hydrogen) atoms. The first-order valence-corrected chi connectivity index (χ1v) is 6.93. The van der Waals surface area contributed by atoms with E-state index in [0.717, 1.165) is 12.8 Å². The van der Waals surface area contributed by atoms with Crippen molar-refractivity contribution in [3.05, 3.63) is 24.0 Å². The summed E-state index contributed by atoms with van der Waals surface area (Å²) in [4.78, 5) is 0. The van der Waals surface area contributed by atoms with E-state index in [1.54, 1.807) is 16.8 Å². The number of rotatable bonds is 2. The Hall–Kier alpha value is -2.02. The topological polar surface area (TPSA) is 78.9 Å². The summed E-state index contributed by atoms with van der Waals surface area (Å²) in [7, 11) is 0. The number of hydrogen-bond acceptors (Lipinski definition) is 5. The molecular formula is C14H18FN5O. The molecule has 0 saturated carbocycles. The van der Waals surface area contributed by atoms with Crippen molar-refractivity contribution in [2.24, 2.45) is 0 Å². The fraction of sp³-hybridized carbons (Fsp3) is 0.500. The molecule has 6 nitrogen and oxygen atoms in total. The zero-order chi connectivity index (χ0) is 15.0. The van der Waals surface area contributed by atoms with E-state index in [9.17, 15) is 4.39 Å². The van der Waals surface area contributed by atoms with Crippen LogP contribution in [-0.4, -0.2) is 32.4 Å². The zero-order valence-corrected chi connectivity index (χ0v) is 12.1. The summed E-state index contributed by atoms with van der Waals surface area (Å²) in [5.41, 5.74) is 6.09. The molecule has 0 aliphatic carbocycles. The molecule has 1 atom stereocenters. The van der Waals surface area contributed by atoms with Gasteiger partial charge in [-0.25, -0.2) is 9.07 Å². The molecule has 112 valence electrons. The van der Waals surface area contributed by atoms with Gasteiger partial charge in [0.2, 0.25) is 0 Å². The Morgan fingerprint density at radius 1 is 1.43 bits per heavy atom. The minimum Gasteiger partial charge on any atom is -0.399 e. The third kappa shape index (κ3) is 2.73. The molecule has 1 unspecified atom stereocenters. The van der Waals surface area contributed by atoms with Gasteiger partial charge in [0.25, 0.3) is 0 Å². The van der Waals surface area contributed by atoms with Gasteiger partial charge < -0.3 is 10.5 Å². The number of nitrogens with two attached hydrogens (primary N) is 1. The number of tetrazole rings is 1. The van der Waals surface area contributed by atoms with E-state index in [2.05, 4.69) is 15.5 Å².